The van der Waals surface area contributed by atoms with Gasteiger partial charge >= 0.3 is 34.1 Å². The average molecular weight is 867 g/mol. The van der Waals surface area contributed by atoms with Gasteiger partial charge in [-0.2, -0.15) is 0 Å². The van der Waals surface area contributed by atoms with E-state index < -0.39 is 34.1 Å². The minimum atomic E-state index is -0.580. The molecule has 2 rings (SSSR count). The summed E-state index contributed by atoms with van der Waals surface area (Å²) >= 11 is 4.46. The van der Waals surface area contributed by atoms with Crippen molar-refractivity contribution in [3.63, 3.8) is 0 Å². The van der Waals surface area contributed by atoms with Gasteiger partial charge in [0.25, 0.3) is 0 Å². The molecular formula is C32H48I2N6O6. The lowest BCUT2D eigenvalue weighted by Gasteiger charge is -2.14. The molecule has 0 aliphatic carbocycles. The maximum atomic E-state index is 12.5. The van der Waals surface area contributed by atoms with E-state index in [4.69, 9.17) is 0 Å². The van der Waals surface area contributed by atoms with Crippen LogP contribution >= 0.6 is 45.2 Å². The Labute approximate surface area is 297 Å². The number of hydrogen-bond donors (Lipinski definition) is 0. The highest BCUT2D eigenvalue weighted by molar-refractivity contribution is 14.1. The Morgan fingerprint density at radius 2 is 0.674 bits per heavy atom. The molecule has 0 bridgehead atoms. The van der Waals surface area contributed by atoms with E-state index in [9.17, 15) is 28.8 Å². The molecule has 46 heavy (non-hydrogen) atoms. The third-order valence-electron chi connectivity index (χ3n) is 6.66. The van der Waals surface area contributed by atoms with Crippen molar-refractivity contribution in [2.24, 2.45) is 0 Å². The van der Waals surface area contributed by atoms with E-state index >= 15 is 0 Å². The summed E-state index contributed by atoms with van der Waals surface area (Å²) in [7, 11) is 0. The van der Waals surface area contributed by atoms with Crippen LogP contribution in [0.25, 0.3) is 0 Å². The Hall–Kier alpha value is -3.02. The molecule has 2 heterocycles. The number of nitrogens with zero attached hydrogens (tertiary/aromatic N) is 6. The van der Waals surface area contributed by atoms with Gasteiger partial charge in [0.15, 0.2) is 0 Å². The summed E-state index contributed by atoms with van der Waals surface area (Å²) in [6.45, 7) is 21.4. The van der Waals surface area contributed by atoms with Crippen LogP contribution in [0.1, 0.15) is 51.9 Å². The van der Waals surface area contributed by atoms with Gasteiger partial charge in [0.1, 0.15) is 0 Å². The van der Waals surface area contributed by atoms with Gasteiger partial charge in [-0.25, -0.2) is 56.2 Å². The van der Waals surface area contributed by atoms with Crippen LogP contribution in [-0.4, -0.2) is 36.3 Å². The van der Waals surface area contributed by atoms with Crippen LogP contribution in [0.3, 0.4) is 0 Å². The first-order valence-electron chi connectivity index (χ1n) is 15.0. The van der Waals surface area contributed by atoms with E-state index in [0.29, 0.717) is 49.0 Å². The van der Waals surface area contributed by atoms with Crippen molar-refractivity contribution in [1.82, 2.24) is 27.4 Å². The second-order valence-electron chi connectivity index (χ2n) is 9.79. The normalized spacial score (nSPS) is 10.9. The number of rotatable bonds is 19. The number of allylic oxidation sites excluding steroid dienone is 5. The fourth-order valence-electron chi connectivity index (χ4n) is 4.09. The number of hydrogen-bond acceptors (Lipinski definition) is 6. The summed E-state index contributed by atoms with van der Waals surface area (Å²) in [6.07, 6.45) is 12.3. The highest BCUT2D eigenvalue weighted by Gasteiger charge is 2.16. The summed E-state index contributed by atoms with van der Waals surface area (Å²) in [4.78, 5) is 76.2. The Bertz CT molecular complexity index is 1480. The third kappa shape index (κ3) is 12.6. The maximum absolute atomic E-state index is 12.5. The quantitative estimate of drug-likeness (QED) is 0.120. The molecule has 0 fully saturated rings. The zero-order valence-corrected chi connectivity index (χ0v) is 31.4. The zero-order chi connectivity index (χ0) is 35.2. The predicted molar refractivity (Wildman–Crippen MR) is 205 cm³/mol. The maximum Gasteiger partial charge on any atom is 0.336 e. The van der Waals surface area contributed by atoms with Crippen molar-refractivity contribution >= 4 is 45.2 Å². The monoisotopic (exact) mass is 866 g/mol. The Morgan fingerprint density at radius 3 is 0.848 bits per heavy atom. The van der Waals surface area contributed by atoms with Crippen LogP contribution in [0.2, 0.25) is 0 Å². The van der Waals surface area contributed by atoms with Gasteiger partial charge < -0.3 is 0 Å². The first-order valence-corrected chi connectivity index (χ1v) is 18.4. The van der Waals surface area contributed by atoms with Gasteiger partial charge in [0, 0.05) is 43.2 Å². The van der Waals surface area contributed by atoms with Crippen LogP contribution in [0.5, 0.6) is 0 Å². The van der Waals surface area contributed by atoms with Gasteiger partial charge in [-0.05, 0) is 49.9 Å². The average Bonchev–Trinajstić information content (AvgIpc) is 3.05. The molecule has 0 aliphatic heterocycles. The second kappa shape index (κ2) is 24.2. The molecule has 0 aliphatic rings. The minimum absolute atomic E-state index is 0.212. The predicted octanol–water partition coefficient (Wildman–Crippen LogP) is 3.88. The molecule has 0 amide bonds. The summed E-state index contributed by atoms with van der Waals surface area (Å²) in [6, 6.07) is 0. The van der Waals surface area contributed by atoms with E-state index in [1.807, 2.05) is 4.93 Å². The summed E-state index contributed by atoms with van der Waals surface area (Å²) in [5.74, 6) is 0. The lowest BCUT2D eigenvalue weighted by atomic mass is 10.2. The lowest BCUT2D eigenvalue weighted by molar-refractivity contribution is 0.440. The standard InChI is InChI=1S/C16H24IN3O3.C15H21N3O3.CH3I/c1-4-7-10-18-14(21)19(11-8-5-2)16(23)20(15(18)22)12-9-13(17)6-3;1-4-7-10-16-13(19)17(11-8-5-2)15(21)18(14(16)20)12-9-6-3;1-2/h4-5,13H,1-2,6-12H2,3H3;4-6H,1-3,7-12H2;1H3. The van der Waals surface area contributed by atoms with Gasteiger partial charge in [-0.3, -0.25) is 0 Å². The second-order valence-corrected chi connectivity index (χ2v) is 11.5. The van der Waals surface area contributed by atoms with Crippen LogP contribution in [0.4, 0.5) is 0 Å². The van der Waals surface area contributed by atoms with Crippen molar-refractivity contribution in [1.29, 1.82) is 0 Å². The number of aromatic nitrogens is 6. The van der Waals surface area contributed by atoms with Crippen molar-refractivity contribution in [3.8, 4) is 0 Å². The van der Waals surface area contributed by atoms with Crippen LogP contribution in [0, 0.1) is 0 Å². The summed E-state index contributed by atoms with van der Waals surface area (Å²) in [5, 5.41) is 0. The molecule has 2 aromatic rings. The van der Waals surface area contributed by atoms with E-state index in [1.165, 1.54) is 4.57 Å². The largest absolute Gasteiger partial charge is 0.336 e. The Morgan fingerprint density at radius 1 is 0.478 bits per heavy atom. The molecule has 2 aromatic heterocycles. The molecule has 1 unspecified atom stereocenters. The molecule has 0 saturated carbocycles. The molecule has 0 radical (unpaired) electrons. The van der Waals surface area contributed by atoms with Crippen LogP contribution in [0.15, 0.2) is 92.0 Å². The van der Waals surface area contributed by atoms with Gasteiger partial charge in [-0.15, -0.1) is 32.9 Å². The molecule has 14 heteroatoms. The third-order valence-corrected chi connectivity index (χ3v) is 8.17. The molecule has 0 N–H and O–H groups in total. The summed E-state index contributed by atoms with van der Waals surface area (Å²) < 4.78 is 7.05. The Balaban J connectivity index is 0.000000838. The molecule has 12 nitrogen and oxygen atoms in total. The first kappa shape index (κ1) is 43.0. The van der Waals surface area contributed by atoms with E-state index in [-0.39, 0.29) is 32.7 Å². The van der Waals surface area contributed by atoms with Gasteiger partial charge in [0.05, 0.1) is 0 Å². The zero-order valence-electron chi connectivity index (χ0n) is 27.1. The summed E-state index contributed by atoms with van der Waals surface area (Å²) in [5.41, 5.74) is -3.36. The van der Waals surface area contributed by atoms with Gasteiger partial charge in [-0.1, -0.05) is 82.5 Å². The van der Waals surface area contributed by atoms with Crippen molar-refractivity contribution in [3.05, 3.63) is 126 Å². The highest BCUT2D eigenvalue weighted by atomic mass is 127. The van der Waals surface area contributed by atoms with E-state index in [1.54, 1.807) is 30.4 Å². The topological polar surface area (TPSA) is 132 Å². The van der Waals surface area contributed by atoms with Crippen molar-refractivity contribution in [2.45, 2.75) is 95.1 Å². The molecule has 0 aromatic carbocycles. The number of alkyl halides is 2. The fourth-order valence-corrected chi connectivity index (χ4v) is 4.37. The molecule has 0 spiro atoms. The smallest absolute Gasteiger partial charge is 0.247 e. The fraction of sp³-hybridized carbons (Fsp3) is 0.500. The molecular weight excluding hydrogens is 818 g/mol. The first-order chi connectivity index (χ1) is 22.1. The minimum Gasteiger partial charge on any atom is -0.247 e. The molecule has 1 atom stereocenters. The van der Waals surface area contributed by atoms with Crippen LogP contribution in [-0.2, 0) is 39.3 Å². The Kier molecular flexibility index (Phi) is 22.6. The van der Waals surface area contributed by atoms with Gasteiger partial charge in [0.2, 0.25) is 0 Å². The van der Waals surface area contributed by atoms with E-state index in [2.05, 4.69) is 85.0 Å². The van der Waals surface area contributed by atoms with E-state index in [0.717, 1.165) is 29.3 Å². The SMILES string of the molecule is C=CCCn1c(=O)n(CCC=C)c(=O)n(CCC(I)CC)c1=O.C=CCCn1c(=O)n(CCC=C)c(=O)n(CCC=C)c1=O.CI. The number of halogens is 2. The van der Waals surface area contributed by atoms with Crippen molar-refractivity contribution < 1.29 is 0 Å². The van der Waals surface area contributed by atoms with Crippen molar-refractivity contribution in [2.75, 3.05) is 4.93 Å². The molecule has 256 valence electrons. The van der Waals surface area contributed by atoms with Crippen LogP contribution < -0.4 is 34.1 Å². The highest BCUT2D eigenvalue weighted by Crippen LogP contribution is 2.10. The molecule has 0 saturated heterocycles. The lowest BCUT2D eigenvalue weighted by Crippen LogP contribution is -2.54.